The molecule has 8 heteroatoms. The van der Waals surface area contributed by atoms with E-state index in [-0.39, 0.29) is 34.7 Å². The lowest BCUT2D eigenvalue weighted by atomic mass is 9.86. The highest BCUT2D eigenvalue weighted by Gasteiger charge is 2.53. The van der Waals surface area contributed by atoms with Gasteiger partial charge < -0.3 is 14.5 Å². The Morgan fingerprint density at radius 2 is 1.48 bits per heavy atom. The molecule has 0 unspecified atom stereocenters. The summed E-state index contributed by atoms with van der Waals surface area (Å²) in [5.74, 6) is -2.18. The van der Waals surface area contributed by atoms with Crippen LogP contribution in [-0.2, 0) is 9.53 Å². The van der Waals surface area contributed by atoms with Gasteiger partial charge in [0.1, 0.15) is 11.3 Å². The molecule has 4 rings (SSSR count). The lowest BCUT2D eigenvalue weighted by Crippen LogP contribution is -2.69. The van der Waals surface area contributed by atoms with E-state index in [1.807, 2.05) is 60.7 Å². The molecule has 1 aliphatic rings. The van der Waals surface area contributed by atoms with Gasteiger partial charge >= 0.3 is 14.3 Å². The number of amides is 1. The number of nitrogens with one attached hydrogen (secondary N) is 1. The molecule has 0 saturated carbocycles. The Bertz CT molecular complexity index is 1480. The number of ketones is 2. The molecule has 1 aliphatic carbocycles. The molecule has 0 heterocycles. The second-order valence-corrected chi connectivity index (χ2v) is 15.0. The molecule has 0 fully saturated rings. The fraction of sp³-hybridized carbons (Fsp3) is 0.250. The number of aryl methyl sites for hydroxylation is 1. The minimum absolute atomic E-state index is 0.0200. The van der Waals surface area contributed by atoms with Gasteiger partial charge in [0.15, 0.2) is 5.78 Å². The molecule has 0 atom stereocenters. The van der Waals surface area contributed by atoms with Gasteiger partial charge in [-0.2, -0.15) is 0 Å². The number of Topliss-reactive ketones (excluding diaryl/α,β-unsaturated/α-hetero) is 1. The van der Waals surface area contributed by atoms with Crippen molar-refractivity contribution in [1.82, 2.24) is 5.32 Å². The predicted octanol–water partition coefficient (Wildman–Crippen LogP) is 4.51. The van der Waals surface area contributed by atoms with E-state index in [0.29, 0.717) is 5.56 Å². The number of ether oxygens (including phenoxy) is 1. The number of allylic oxidation sites excluding steroid dienone is 2. The van der Waals surface area contributed by atoms with Crippen LogP contribution in [0.3, 0.4) is 0 Å². The number of benzene rings is 3. The predicted molar refractivity (Wildman–Crippen MR) is 156 cm³/mol. The van der Waals surface area contributed by atoms with Gasteiger partial charge in [-0.3, -0.25) is 14.4 Å². The fourth-order valence-corrected chi connectivity index (χ4v) is 9.76. The zero-order valence-electron chi connectivity index (χ0n) is 23.6. The number of carbonyl (C=O) groups is 4. The van der Waals surface area contributed by atoms with Crippen LogP contribution in [0, 0.1) is 6.92 Å². The zero-order chi connectivity index (χ0) is 29.2. The van der Waals surface area contributed by atoms with Crippen molar-refractivity contribution in [2.75, 3.05) is 6.61 Å². The third kappa shape index (κ3) is 5.02. The van der Waals surface area contributed by atoms with E-state index in [4.69, 9.17) is 9.16 Å². The first kappa shape index (κ1) is 28.7. The molecule has 7 nitrogen and oxygen atoms in total. The van der Waals surface area contributed by atoms with Crippen molar-refractivity contribution in [2.45, 2.75) is 46.6 Å². The Morgan fingerprint density at radius 3 is 1.95 bits per heavy atom. The topological polar surface area (TPSA) is 98.8 Å². The first-order valence-electron chi connectivity index (χ1n) is 13.2. The SMILES string of the molecule is CCOC(=O)c1c(O[Si](c2ccccc2)(c2ccccc2)C(C)(C)C)c(C)cc2c1C(=O)C=C(NC(C)=O)C2=O. The van der Waals surface area contributed by atoms with Crippen LogP contribution in [0.1, 0.15) is 71.3 Å². The Labute approximate surface area is 235 Å². The monoisotopic (exact) mass is 555 g/mol. The Balaban J connectivity index is 2.06. The summed E-state index contributed by atoms with van der Waals surface area (Å²) in [6, 6.07) is 21.4. The van der Waals surface area contributed by atoms with E-state index in [2.05, 4.69) is 26.1 Å². The first-order chi connectivity index (χ1) is 18.9. The smallest absolute Gasteiger partial charge is 0.342 e. The standard InChI is InChI=1S/C32H33NO6Si/c1-7-38-31(37)28-27-24(29(36)25(19-26(27)35)33-21(3)34)18-20(2)30(28)39-40(32(4,5)6,22-14-10-8-11-15-22)23-16-12-9-13-17-23/h8-19H,7H2,1-6H3,(H,33,34). The maximum atomic E-state index is 13.6. The van der Waals surface area contributed by atoms with Crippen LogP contribution in [0.5, 0.6) is 5.75 Å². The van der Waals surface area contributed by atoms with Crippen molar-refractivity contribution < 1.29 is 28.3 Å². The number of hydrogen-bond donors (Lipinski definition) is 1. The molecule has 1 N–H and O–H groups in total. The zero-order valence-corrected chi connectivity index (χ0v) is 24.6. The first-order valence-corrected chi connectivity index (χ1v) is 15.1. The lowest BCUT2D eigenvalue weighted by molar-refractivity contribution is -0.118. The summed E-state index contributed by atoms with van der Waals surface area (Å²) in [5, 5.41) is 3.96. The molecule has 1 amide bonds. The molecule has 0 spiro atoms. The molecule has 0 aromatic heterocycles. The molecular weight excluding hydrogens is 522 g/mol. The summed E-state index contributed by atoms with van der Waals surface area (Å²) >= 11 is 0. The van der Waals surface area contributed by atoms with Crippen molar-refractivity contribution in [2.24, 2.45) is 0 Å². The second kappa shape index (κ2) is 11.1. The van der Waals surface area contributed by atoms with Crippen molar-refractivity contribution in [3.63, 3.8) is 0 Å². The summed E-state index contributed by atoms with van der Waals surface area (Å²) < 4.78 is 12.6. The van der Waals surface area contributed by atoms with Crippen LogP contribution in [-0.4, -0.2) is 38.4 Å². The van der Waals surface area contributed by atoms with E-state index >= 15 is 0 Å². The highest BCUT2D eigenvalue weighted by molar-refractivity contribution is 7.00. The maximum Gasteiger partial charge on any atom is 0.342 e. The van der Waals surface area contributed by atoms with Crippen molar-refractivity contribution >= 4 is 42.1 Å². The second-order valence-electron chi connectivity index (χ2n) is 10.7. The number of esters is 1. The van der Waals surface area contributed by atoms with Crippen molar-refractivity contribution in [3.8, 4) is 5.75 Å². The van der Waals surface area contributed by atoms with Crippen LogP contribution >= 0.6 is 0 Å². The quantitative estimate of drug-likeness (QED) is 0.340. The summed E-state index contributed by atoms with van der Waals surface area (Å²) in [7, 11) is -3.22. The van der Waals surface area contributed by atoms with Gasteiger partial charge in [0, 0.05) is 18.6 Å². The van der Waals surface area contributed by atoms with Crippen LogP contribution in [0.4, 0.5) is 0 Å². The molecule has 0 bridgehead atoms. The molecule has 0 aliphatic heterocycles. The maximum absolute atomic E-state index is 13.6. The fourth-order valence-electron chi connectivity index (χ4n) is 5.26. The van der Waals surface area contributed by atoms with Gasteiger partial charge in [-0.05, 0) is 40.9 Å². The third-order valence-electron chi connectivity index (χ3n) is 6.94. The molecule has 40 heavy (non-hydrogen) atoms. The Kier molecular flexibility index (Phi) is 7.93. The molecule has 3 aromatic carbocycles. The largest absolute Gasteiger partial charge is 0.533 e. The van der Waals surface area contributed by atoms with Gasteiger partial charge in [0.2, 0.25) is 11.7 Å². The lowest BCUT2D eigenvalue weighted by Gasteiger charge is -2.43. The Morgan fingerprint density at radius 1 is 0.925 bits per heavy atom. The van der Waals surface area contributed by atoms with E-state index < -0.39 is 36.8 Å². The van der Waals surface area contributed by atoms with E-state index in [1.54, 1.807) is 19.9 Å². The molecule has 0 radical (unpaired) electrons. The van der Waals surface area contributed by atoms with E-state index in [0.717, 1.165) is 16.4 Å². The molecule has 206 valence electrons. The van der Waals surface area contributed by atoms with Gasteiger partial charge in [-0.25, -0.2) is 4.79 Å². The highest BCUT2D eigenvalue weighted by Crippen LogP contribution is 2.42. The van der Waals surface area contributed by atoms with Gasteiger partial charge in [0.25, 0.3) is 0 Å². The van der Waals surface area contributed by atoms with Gasteiger partial charge in [-0.15, -0.1) is 0 Å². The van der Waals surface area contributed by atoms with Gasteiger partial charge in [-0.1, -0.05) is 81.4 Å². The summed E-state index contributed by atoms with van der Waals surface area (Å²) in [6.45, 7) is 11.0. The Hall–Kier alpha value is -4.30. The van der Waals surface area contributed by atoms with Crippen LogP contribution in [0.2, 0.25) is 5.04 Å². The van der Waals surface area contributed by atoms with Crippen molar-refractivity contribution in [1.29, 1.82) is 0 Å². The van der Waals surface area contributed by atoms with Crippen LogP contribution in [0.25, 0.3) is 0 Å². The average molecular weight is 556 g/mol. The average Bonchev–Trinajstić information content (AvgIpc) is 2.90. The van der Waals surface area contributed by atoms with Crippen LogP contribution in [0.15, 0.2) is 78.5 Å². The highest BCUT2D eigenvalue weighted by atomic mass is 28.4. The number of fused-ring (bicyclic) bond motifs is 1. The molecule has 3 aromatic rings. The third-order valence-corrected chi connectivity index (χ3v) is 11.9. The minimum atomic E-state index is -3.22. The number of carbonyl (C=O) groups excluding carboxylic acids is 4. The summed E-state index contributed by atoms with van der Waals surface area (Å²) in [6.07, 6.45) is 1.05. The van der Waals surface area contributed by atoms with Crippen LogP contribution < -0.4 is 20.1 Å². The van der Waals surface area contributed by atoms with Gasteiger partial charge in [0.05, 0.1) is 17.9 Å². The molecular formula is C32H33NO6Si. The number of rotatable bonds is 7. The minimum Gasteiger partial charge on any atom is -0.533 e. The number of hydrogen-bond acceptors (Lipinski definition) is 6. The van der Waals surface area contributed by atoms with E-state index in [1.165, 1.54) is 6.92 Å². The van der Waals surface area contributed by atoms with Crippen molar-refractivity contribution in [3.05, 3.63) is 101 Å². The molecule has 0 saturated heterocycles. The normalized spacial score (nSPS) is 13.3. The van der Waals surface area contributed by atoms with E-state index in [9.17, 15) is 19.2 Å². The summed E-state index contributed by atoms with van der Waals surface area (Å²) in [5.41, 5.74) is 0.212. The summed E-state index contributed by atoms with van der Waals surface area (Å²) in [4.78, 5) is 52.1.